The third-order valence-electron chi connectivity index (χ3n) is 4.85. The first-order valence-corrected chi connectivity index (χ1v) is 11.0. The number of halogens is 1. The summed E-state index contributed by atoms with van der Waals surface area (Å²) in [5.74, 6) is 0.675. The number of thioether (sulfide) groups is 1. The molecule has 0 aliphatic rings. The Balaban J connectivity index is 1.65. The van der Waals surface area contributed by atoms with Crippen molar-refractivity contribution in [3.05, 3.63) is 83.1 Å². The van der Waals surface area contributed by atoms with Crippen LogP contribution in [0.3, 0.4) is 0 Å². The zero-order valence-electron chi connectivity index (χ0n) is 17.0. The number of amides is 1. The Morgan fingerprint density at radius 2 is 1.90 bits per heavy atom. The van der Waals surface area contributed by atoms with E-state index in [-0.39, 0.29) is 11.7 Å². The van der Waals surface area contributed by atoms with Gasteiger partial charge in [-0.3, -0.25) is 14.3 Å². The summed E-state index contributed by atoms with van der Waals surface area (Å²) in [5, 5.41) is 12.8. The highest BCUT2D eigenvalue weighted by Crippen LogP contribution is 2.30. The van der Waals surface area contributed by atoms with Crippen molar-refractivity contribution in [3.8, 4) is 17.1 Å². The standard InChI is InChI=1S/C23H20ClN5OS/c1-15-7-5-11-20(16(15)2)29-22(17-8-6-12-25-13-17)27-28-23(29)31-14-21(30)26-19-10-4-3-9-18(19)24/h3-13H,14H2,1-2H3,(H,26,30). The molecule has 0 atom stereocenters. The number of aryl methyl sites for hydroxylation is 1. The van der Waals surface area contributed by atoms with Gasteiger partial charge in [0.2, 0.25) is 5.91 Å². The monoisotopic (exact) mass is 449 g/mol. The molecule has 1 N–H and O–H groups in total. The second-order valence-electron chi connectivity index (χ2n) is 6.92. The summed E-state index contributed by atoms with van der Waals surface area (Å²) in [4.78, 5) is 16.7. The van der Waals surface area contributed by atoms with Crippen LogP contribution in [0.2, 0.25) is 5.02 Å². The van der Waals surface area contributed by atoms with Gasteiger partial charge >= 0.3 is 0 Å². The van der Waals surface area contributed by atoms with E-state index in [0.717, 1.165) is 22.4 Å². The molecule has 0 radical (unpaired) electrons. The van der Waals surface area contributed by atoms with Crippen LogP contribution in [0.15, 0.2) is 72.1 Å². The van der Waals surface area contributed by atoms with Crippen molar-refractivity contribution in [2.75, 3.05) is 11.1 Å². The number of hydrogen-bond acceptors (Lipinski definition) is 5. The Labute approximate surface area is 189 Å². The molecule has 6 nitrogen and oxygen atoms in total. The molecule has 4 aromatic rings. The van der Waals surface area contributed by atoms with E-state index in [9.17, 15) is 4.79 Å². The fourth-order valence-corrected chi connectivity index (χ4v) is 4.05. The molecule has 31 heavy (non-hydrogen) atoms. The van der Waals surface area contributed by atoms with Crippen LogP contribution in [-0.4, -0.2) is 31.4 Å². The van der Waals surface area contributed by atoms with Crippen molar-refractivity contribution in [2.24, 2.45) is 0 Å². The highest BCUT2D eigenvalue weighted by molar-refractivity contribution is 7.99. The number of nitrogens with one attached hydrogen (secondary N) is 1. The minimum atomic E-state index is -0.170. The van der Waals surface area contributed by atoms with Gasteiger partial charge in [0.1, 0.15) is 0 Å². The number of rotatable bonds is 6. The molecule has 2 aromatic heterocycles. The highest BCUT2D eigenvalue weighted by atomic mass is 35.5. The Morgan fingerprint density at radius 1 is 1.06 bits per heavy atom. The van der Waals surface area contributed by atoms with Gasteiger partial charge in [0.15, 0.2) is 11.0 Å². The number of benzene rings is 2. The first-order valence-electron chi connectivity index (χ1n) is 9.64. The summed E-state index contributed by atoms with van der Waals surface area (Å²) >= 11 is 7.46. The van der Waals surface area contributed by atoms with Crippen LogP contribution in [0.25, 0.3) is 17.1 Å². The fourth-order valence-electron chi connectivity index (χ4n) is 3.12. The molecule has 1 amide bonds. The van der Waals surface area contributed by atoms with Crippen LogP contribution in [0.4, 0.5) is 5.69 Å². The third kappa shape index (κ3) is 4.62. The minimum absolute atomic E-state index is 0.168. The van der Waals surface area contributed by atoms with E-state index in [1.165, 1.54) is 11.8 Å². The van der Waals surface area contributed by atoms with E-state index in [0.29, 0.717) is 21.7 Å². The van der Waals surface area contributed by atoms with Gasteiger partial charge in [0.05, 0.1) is 22.2 Å². The topological polar surface area (TPSA) is 72.7 Å². The second-order valence-corrected chi connectivity index (χ2v) is 8.27. The Hall–Kier alpha value is -3.16. The van der Waals surface area contributed by atoms with Gasteiger partial charge in [-0.1, -0.05) is 47.6 Å². The van der Waals surface area contributed by atoms with E-state index < -0.39 is 0 Å². The lowest BCUT2D eigenvalue weighted by atomic mass is 10.1. The van der Waals surface area contributed by atoms with Crippen LogP contribution in [0.1, 0.15) is 11.1 Å². The average molecular weight is 450 g/mol. The van der Waals surface area contributed by atoms with Gasteiger partial charge in [-0.25, -0.2) is 0 Å². The molecule has 0 unspecified atom stereocenters. The van der Waals surface area contributed by atoms with E-state index >= 15 is 0 Å². The molecule has 0 saturated carbocycles. The Bertz CT molecular complexity index is 1230. The summed E-state index contributed by atoms with van der Waals surface area (Å²) < 4.78 is 1.98. The van der Waals surface area contributed by atoms with Crippen LogP contribution < -0.4 is 5.32 Å². The molecule has 2 heterocycles. The zero-order chi connectivity index (χ0) is 21.8. The predicted molar refractivity (Wildman–Crippen MR) is 125 cm³/mol. The summed E-state index contributed by atoms with van der Waals surface area (Å²) in [7, 11) is 0. The number of hydrogen-bond donors (Lipinski definition) is 1. The second kappa shape index (κ2) is 9.32. The number of anilines is 1. The fraction of sp³-hybridized carbons (Fsp3) is 0.130. The average Bonchev–Trinajstić information content (AvgIpc) is 3.20. The molecule has 0 aliphatic heterocycles. The van der Waals surface area contributed by atoms with Gasteiger partial charge in [0.25, 0.3) is 0 Å². The maximum Gasteiger partial charge on any atom is 0.234 e. The van der Waals surface area contributed by atoms with E-state index in [1.807, 2.05) is 41.0 Å². The van der Waals surface area contributed by atoms with Gasteiger partial charge in [0, 0.05) is 18.0 Å². The van der Waals surface area contributed by atoms with Crippen LogP contribution in [0.5, 0.6) is 0 Å². The van der Waals surface area contributed by atoms with E-state index in [2.05, 4.69) is 40.4 Å². The Kier molecular flexibility index (Phi) is 6.34. The number of carbonyl (C=O) groups is 1. The first kappa shape index (κ1) is 21.1. The molecule has 0 saturated heterocycles. The van der Waals surface area contributed by atoms with Crippen LogP contribution in [-0.2, 0) is 4.79 Å². The molecule has 2 aromatic carbocycles. The molecule has 0 bridgehead atoms. The van der Waals surface area contributed by atoms with Gasteiger partial charge in [-0.15, -0.1) is 10.2 Å². The lowest BCUT2D eigenvalue weighted by molar-refractivity contribution is -0.113. The third-order valence-corrected chi connectivity index (χ3v) is 6.11. The summed E-state index contributed by atoms with van der Waals surface area (Å²) in [5.41, 5.74) is 4.69. The van der Waals surface area contributed by atoms with Crippen molar-refractivity contribution >= 4 is 35.0 Å². The normalized spacial score (nSPS) is 10.8. The van der Waals surface area contributed by atoms with Gasteiger partial charge in [-0.2, -0.15) is 0 Å². The lowest BCUT2D eigenvalue weighted by Crippen LogP contribution is -2.15. The largest absolute Gasteiger partial charge is 0.324 e. The summed E-state index contributed by atoms with van der Waals surface area (Å²) in [6.45, 7) is 4.13. The van der Waals surface area contributed by atoms with E-state index in [1.54, 1.807) is 24.5 Å². The summed E-state index contributed by atoms with van der Waals surface area (Å²) in [6, 6.07) is 17.1. The quantitative estimate of drug-likeness (QED) is 0.403. The maximum absolute atomic E-state index is 12.5. The van der Waals surface area contributed by atoms with E-state index in [4.69, 9.17) is 11.6 Å². The smallest absolute Gasteiger partial charge is 0.234 e. The highest BCUT2D eigenvalue weighted by Gasteiger charge is 2.19. The van der Waals surface area contributed by atoms with Crippen molar-refractivity contribution in [1.29, 1.82) is 0 Å². The number of pyridine rings is 1. The molecular formula is C23H20ClN5OS. The molecule has 0 aliphatic carbocycles. The number of para-hydroxylation sites is 1. The van der Waals surface area contributed by atoms with Gasteiger partial charge < -0.3 is 5.32 Å². The van der Waals surface area contributed by atoms with Crippen molar-refractivity contribution in [1.82, 2.24) is 19.7 Å². The van der Waals surface area contributed by atoms with Crippen molar-refractivity contribution < 1.29 is 4.79 Å². The minimum Gasteiger partial charge on any atom is -0.324 e. The van der Waals surface area contributed by atoms with Crippen LogP contribution in [0, 0.1) is 13.8 Å². The number of aromatic nitrogens is 4. The molecule has 0 spiro atoms. The zero-order valence-corrected chi connectivity index (χ0v) is 18.6. The lowest BCUT2D eigenvalue weighted by Gasteiger charge is -2.14. The SMILES string of the molecule is Cc1cccc(-n2c(SCC(=O)Nc3ccccc3Cl)nnc2-c2cccnc2)c1C. The molecule has 156 valence electrons. The molecule has 4 rings (SSSR count). The van der Waals surface area contributed by atoms with Crippen LogP contribution >= 0.6 is 23.4 Å². The predicted octanol–water partition coefficient (Wildman–Crippen LogP) is 5.33. The van der Waals surface area contributed by atoms with Crippen molar-refractivity contribution in [2.45, 2.75) is 19.0 Å². The number of nitrogens with zero attached hydrogens (tertiary/aromatic N) is 4. The molecule has 0 fully saturated rings. The first-order chi connectivity index (χ1) is 15.0. The molecular weight excluding hydrogens is 430 g/mol. The summed E-state index contributed by atoms with van der Waals surface area (Å²) in [6.07, 6.45) is 3.47. The Morgan fingerprint density at radius 3 is 2.68 bits per heavy atom. The number of carbonyl (C=O) groups excluding carboxylic acids is 1. The maximum atomic E-state index is 12.5. The van der Waals surface area contributed by atoms with Gasteiger partial charge in [-0.05, 0) is 55.3 Å². The van der Waals surface area contributed by atoms with Crippen molar-refractivity contribution in [3.63, 3.8) is 0 Å². The molecule has 8 heteroatoms.